The molecule has 1 N–H and O–H groups in total. The van der Waals surface area contributed by atoms with Crippen LogP contribution < -0.4 is 10.2 Å². The van der Waals surface area contributed by atoms with Crippen LogP contribution in [-0.4, -0.2) is 46.7 Å². The predicted octanol–water partition coefficient (Wildman–Crippen LogP) is 3.42. The number of aromatic nitrogens is 2. The molecule has 2 amide bonds. The van der Waals surface area contributed by atoms with Gasteiger partial charge in [0, 0.05) is 57.4 Å². The number of nitrogens with one attached hydrogen (secondary N) is 1. The highest BCUT2D eigenvalue weighted by molar-refractivity contribution is 5.74. The molecule has 2 fully saturated rings. The predicted molar refractivity (Wildman–Crippen MR) is 107 cm³/mol. The van der Waals surface area contributed by atoms with E-state index in [9.17, 15) is 4.79 Å². The van der Waals surface area contributed by atoms with Crippen LogP contribution in [0, 0.1) is 0 Å². The number of hydrogen-bond donors (Lipinski definition) is 1. The number of hydrogen-bond acceptors (Lipinski definition) is 3. The first-order valence-electron chi connectivity index (χ1n) is 10.1. The van der Waals surface area contributed by atoms with Crippen LogP contribution in [-0.2, 0) is 6.54 Å². The number of rotatable bonds is 4. The Bertz CT molecular complexity index is 731. The summed E-state index contributed by atoms with van der Waals surface area (Å²) < 4.78 is 2.26. The van der Waals surface area contributed by atoms with Crippen LogP contribution in [0.5, 0.6) is 0 Å². The molecule has 27 heavy (non-hydrogen) atoms. The number of pyridine rings is 1. The Morgan fingerprint density at radius 1 is 1.07 bits per heavy atom. The van der Waals surface area contributed by atoms with E-state index in [1.165, 1.54) is 19.3 Å². The molecule has 2 aromatic heterocycles. The molecule has 0 unspecified atom stereocenters. The van der Waals surface area contributed by atoms with Gasteiger partial charge in [-0.2, -0.15) is 0 Å². The number of anilines is 1. The normalized spacial score (nSPS) is 18.5. The number of urea groups is 1. The highest BCUT2D eigenvalue weighted by Crippen LogP contribution is 2.22. The fourth-order valence-electron chi connectivity index (χ4n) is 4.11. The highest BCUT2D eigenvalue weighted by atomic mass is 16.2. The van der Waals surface area contributed by atoms with Gasteiger partial charge in [-0.05, 0) is 61.9 Å². The van der Waals surface area contributed by atoms with E-state index in [0.717, 1.165) is 50.4 Å². The zero-order valence-corrected chi connectivity index (χ0v) is 15.9. The molecule has 2 saturated heterocycles. The minimum absolute atomic E-state index is 0.0392. The second-order valence-corrected chi connectivity index (χ2v) is 7.58. The molecule has 2 aromatic rings. The van der Waals surface area contributed by atoms with Gasteiger partial charge < -0.3 is 19.7 Å². The third-order valence-electron chi connectivity index (χ3n) is 5.73. The second kappa shape index (κ2) is 8.46. The van der Waals surface area contributed by atoms with Gasteiger partial charge in [-0.3, -0.25) is 0 Å². The van der Waals surface area contributed by atoms with Crippen LogP contribution in [0.1, 0.15) is 43.7 Å². The van der Waals surface area contributed by atoms with Crippen molar-refractivity contribution in [3.63, 3.8) is 0 Å². The van der Waals surface area contributed by atoms with Crippen molar-refractivity contribution >= 4 is 11.8 Å². The zero-order valence-electron chi connectivity index (χ0n) is 15.9. The Balaban J connectivity index is 1.27. The van der Waals surface area contributed by atoms with Gasteiger partial charge in [-0.1, -0.05) is 0 Å². The molecule has 2 aliphatic heterocycles. The van der Waals surface area contributed by atoms with E-state index in [1.807, 2.05) is 17.2 Å². The maximum atomic E-state index is 12.5. The summed E-state index contributed by atoms with van der Waals surface area (Å²) in [5.41, 5.74) is 1.11. The summed E-state index contributed by atoms with van der Waals surface area (Å²) in [5.74, 6) is 1.04. The third-order valence-corrected chi connectivity index (χ3v) is 5.73. The maximum absolute atomic E-state index is 12.5. The Labute approximate surface area is 161 Å². The van der Waals surface area contributed by atoms with E-state index >= 15 is 0 Å². The molecule has 144 valence electrons. The second-order valence-electron chi connectivity index (χ2n) is 7.58. The molecule has 0 spiro atoms. The van der Waals surface area contributed by atoms with Gasteiger partial charge >= 0.3 is 6.03 Å². The SMILES string of the molecule is O=C(NCc1ccnc(N2CCCCC2)c1)N1CCC(n2cccc2)CC1. The van der Waals surface area contributed by atoms with Crippen molar-refractivity contribution in [3.8, 4) is 0 Å². The maximum Gasteiger partial charge on any atom is 0.317 e. The standard InChI is InChI=1S/C21H29N5O/c27-21(26-14-7-19(8-15-26)24-10-4-5-11-24)23-17-18-6-9-22-20(16-18)25-12-2-1-3-13-25/h4-6,9-11,16,19H,1-3,7-8,12-15,17H2,(H,23,27). The van der Waals surface area contributed by atoms with Crippen LogP contribution in [0.2, 0.25) is 0 Å². The Morgan fingerprint density at radius 2 is 1.81 bits per heavy atom. The third kappa shape index (κ3) is 4.43. The lowest BCUT2D eigenvalue weighted by molar-refractivity contribution is 0.171. The topological polar surface area (TPSA) is 53.4 Å². The number of piperidine rings is 2. The van der Waals surface area contributed by atoms with E-state index in [2.05, 4.69) is 50.4 Å². The quantitative estimate of drug-likeness (QED) is 0.901. The smallest absolute Gasteiger partial charge is 0.317 e. The minimum Gasteiger partial charge on any atom is -0.357 e. The van der Waals surface area contributed by atoms with Crippen LogP contribution >= 0.6 is 0 Å². The first kappa shape index (κ1) is 17.9. The lowest BCUT2D eigenvalue weighted by Gasteiger charge is -2.32. The summed E-state index contributed by atoms with van der Waals surface area (Å²) in [6.45, 7) is 4.34. The number of carbonyl (C=O) groups excluding carboxylic acids is 1. The fraction of sp³-hybridized carbons (Fsp3) is 0.524. The fourth-order valence-corrected chi connectivity index (χ4v) is 4.11. The summed E-state index contributed by atoms with van der Waals surface area (Å²) in [5, 5.41) is 3.08. The molecule has 0 atom stereocenters. The van der Waals surface area contributed by atoms with Gasteiger partial charge in [0.1, 0.15) is 5.82 Å². The number of nitrogens with zero attached hydrogens (tertiary/aromatic N) is 4. The van der Waals surface area contributed by atoms with Gasteiger partial charge in [0.25, 0.3) is 0 Å². The van der Waals surface area contributed by atoms with E-state index in [0.29, 0.717) is 12.6 Å². The van der Waals surface area contributed by atoms with Crippen molar-refractivity contribution in [3.05, 3.63) is 48.4 Å². The first-order valence-corrected chi connectivity index (χ1v) is 10.1. The van der Waals surface area contributed by atoms with Crippen LogP contribution in [0.3, 0.4) is 0 Å². The minimum atomic E-state index is 0.0392. The number of amides is 2. The summed E-state index contributed by atoms with van der Waals surface area (Å²) >= 11 is 0. The van der Waals surface area contributed by atoms with E-state index < -0.39 is 0 Å². The van der Waals surface area contributed by atoms with Crippen molar-refractivity contribution < 1.29 is 4.79 Å². The average Bonchev–Trinajstić information content (AvgIpc) is 3.28. The number of carbonyl (C=O) groups is 1. The van der Waals surface area contributed by atoms with E-state index in [-0.39, 0.29) is 6.03 Å². The lowest BCUT2D eigenvalue weighted by Crippen LogP contribution is -2.44. The Morgan fingerprint density at radius 3 is 2.56 bits per heavy atom. The monoisotopic (exact) mass is 367 g/mol. The van der Waals surface area contributed by atoms with Crippen molar-refractivity contribution in [2.24, 2.45) is 0 Å². The summed E-state index contributed by atoms with van der Waals surface area (Å²) in [4.78, 5) is 21.3. The summed E-state index contributed by atoms with van der Waals surface area (Å²) in [7, 11) is 0. The van der Waals surface area contributed by atoms with Gasteiger partial charge in [-0.15, -0.1) is 0 Å². The van der Waals surface area contributed by atoms with Gasteiger partial charge in [-0.25, -0.2) is 9.78 Å². The van der Waals surface area contributed by atoms with E-state index in [4.69, 9.17) is 0 Å². The van der Waals surface area contributed by atoms with Crippen LogP contribution in [0.15, 0.2) is 42.9 Å². The van der Waals surface area contributed by atoms with Crippen molar-refractivity contribution in [1.82, 2.24) is 19.8 Å². The van der Waals surface area contributed by atoms with Crippen molar-refractivity contribution in [2.75, 3.05) is 31.1 Å². The summed E-state index contributed by atoms with van der Waals surface area (Å²) in [6, 6.07) is 8.78. The lowest BCUT2D eigenvalue weighted by atomic mass is 10.1. The number of likely N-dealkylation sites (tertiary alicyclic amines) is 1. The van der Waals surface area contributed by atoms with Crippen molar-refractivity contribution in [1.29, 1.82) is 0 Å². The molecule has 4 heterocycles. The van der Waals surface area contributed by atoms with Crippen molar-refractivity contribution in [2.45, 2.75) is 44.7 Å². The molecule has 0 bridgehead atoms. The van der Waals surface area contributed by atoms with E-state index in [1.54, 1.807) is 0 Å². The first-order chi connectivity index (χ1) is 13.3. The Hall–Kier alpha value is -2.50. The zero-order chi connectivity index (χ0) is 18.5. The van der Waals surface area contributed by atoms with Crippen LogP contribution in [0.4, 0.5) is 10.6 Å². The molecule has 6 nitrogen and oxygen atoms in total. The Kier molecular flexibility index (Phi) is 5.61. The molecule has 2 aliphatic rings. The molecular formula is C21H29N5O. The molecular weight excluding hydrogens is 338 g/mol. The molecule has 0 aliphatic carbocycles. The molecule has 4 rings (SSSR count). The van der Waals surface area contributed by atoms with Gasteiger partial charge in [0.2, 0.25) is 0 Å². The summed E-state index contributed by atoms with van der Waals surface area (Å²) in [6.07, 6.45) is 11.9. The average molecular weight is 367 g/mol. The highest BCUT2D eigenvalue weighted by Gasteiger charge is 2.23. The largest absolute Gasteiger partial charge is 0.357 e. The van der Waals surface area contributed by atoms with Gasteiger partial charge in [0.15, 0.2) is 0 Å². The molecule has 6 heteroatoms. The van der Waals surface area contributed by atoms with Gasteiger partial charge in [0.05, 0.1) is 0 Å². The molecule has 0 radical (unpaired) electrons. The molecule has 0 aromatic carbocycles. The van der Waals surface area contributed by atoms with Crippen LogP contribution in [0.25, 0.3) is 0 Å². The molecule has 0 saturated carbocycles.